The van der Waals surface area contributed by atoms with Crippen molar-refractivity contribution in [3.63, 3.8) is 0 Å². The Kier molecular flexibility index (Phi) is 3.18. The maximum atomic E-state index is 12.0. The number of amides is 1. The van der Waals surface area contributed by atoms with E-state index < -0.39 is 0 Å². The smallest absolute Gasteiger partial charge is 0.291 e. The monoisotopic (exact) mass is 240 g/mol. The van der Waals surface area contributed by atoms with Gasteiger partial charge in [-0.25, -0.2) is 4.98 Å². The third-order valence-electron chi connectivity index (χ3n) is 2.74. The molecule has 2 rings (SSSR count). The molecule has 16 heavy (non-hydrogen) atoms. The van der Waals surface area contributed by atoms with E-state index in [0.717, 1.165) is 25.3 Å². The molecule has 88 valence electrons. The molecular weight excluding hydrogens is 224 g/mol. The third-order valence-corrected chi connectivity index (χ3v) is 4.11. The molecule has 5 nitrogen and oxygen atoms in total. The molecule has 2 heterocycles. The van der Waals surface area contributed by atoms with Gasteiger partial charge in [0.05, 0.1) is 0 Å². The van der Waals surface area contributed by atoms with Crippen molar-refractivity contribution in [1.29, 1.82) is 0 Å². The van der Waals surface area contributed by atoms with Gasteiger partial charge in [-0.05, 0) is 6.42 Å². The molecule has 6 heteroatoms. The number of nitrogens with zero attached hydrogens (tertiary/aromatic N) is 3. The summed E-state index contributed by atoms with van der Waals surface area (Å²) in [6.45, 7) is 6.02. The lowest BCUT2D eigenvalue weighted by Gasteiger charge is -2.22. The van der Waals surface area contributed by atoms with Gasteiger partial charge in [-0.3, -0.25) is 9.89 Å². The first kappa shape index (κ1) is 11.4. The van der Waals surface area contributed by atoms with Crippen molar-refractivity contribution >= 4 is 17.7 Å². The molecule has 1 saturated heterocycles. The third kappa shape index (κ3) is 2.55. The van der Waals surface area contributed by atoms with Crippen LogP contribution in [0.25, 0.3) is 0 Å². The number of thioether (sulfide) groups is 1. The Morgan fingerprint density at radius 1 is 1.56 bits per heavy atom. The minimum absolute atomic E-state index is 0.0456. The maximum Gasteiger partial charge on any atom is 0.291 e. The molecule has 1 amide bonds. The van der Waals surface area contributed by atoms with Crippen molar-refractivity contribution < 1.29 is 4.79 Å². The number of H-pyrrole nitrogens is 1. The predicted molar refractivity (Wildman–Crippen MR) is 63.4 cm³/mol. The quantitative estimate of drug-likeness (QED) is 0.800. The lowest BCUT2D eigenvalue weighted by molar-refractivity contribution is 0.0753. The van der Waals surface area contributed by atoms with Crippen LogP contribution in [0.3, 0.4) is 0 Å². The Bertz CT molecular complexity index is 363. The van der Waals surface area contributed by atoms with Crippen LogP contribution in [0.4, 0.5) is 0 Å². The van der Waals surface area contributed by atoms with Crippen molar-refractivity contribution in [3.8, 4) is 0 Å². The number of carbonyl (C=O) groups excluding carboxylic acids is 1. The second kappa shape index (κ2) is 4.45. The van der Waals surface area contributed by atoms with Crippen molar-refractivity contribution in [1.82, 2.24) is 20.1 Å². The Labute approximate surface area is 99.0 Å². The Morgan fingerprint density at radius 2 is 2.38 bits per heavy atom. The topological polar surface area (TPSA) is 61.9 Å². The van der Waals surface area contributed by atoms with Crippen LogP contribution in [-0.4, -0.2) is 49.6 Å². The number of rotatable bonds is 1. The molecule has 1 aromatic rings. The second-order valence-electron chi connectivity index (χ2n) is 4.48. The van der Waals surface area contributed by atoms with Crippen LogP contribution in [0.2, 0.25) is 0 Å². The van der Waals surface area contributed by atoms with E-state index in [1.165, 1.54) is 6.33 Å². The number of carbonyl (C=O) groups is 1. The van der Waals surface area contributed by atoms with Gasteiger partial charge in [0.15, 0.2) is 0 Å². The number of aromatic amines is 1. The summed E-state index contributed by atoms with van der Waals surface area (Å²) in [5, 5.41) is 6.32. The van der Waals surface area contributed by atoms with Gasteiger partial charge in [0.1, 0.15) is 6.33 Å². The minimum Gasteiger partial charge on any atom is -0.335 e. The highest BCUT2D eigenvalue weighted by Crippen LogP contribution is 2.30. The summed E-state index contributed by atoms with van der Waals surface area (Å²) >= 11 is 1.92. The maximum absolute atomic E-state index is 12.0. The van der Waals surface area contributed by atoms with Gasteiger partial charge in [-0.1, -0.05) is 13.8 Å². The number of hydrogen-bond donors (Lipinski definition) is 1. The number of aromatic nitrogens is 3. The molecule has 0 saturated carbocycles. The Hall–Kier alpha value is -1.04. The average Bonchev–Trinajstić information content (AvgIpc) is 2.69. The molecule has 0 aliphatic carbocycles. The molecule has 0 radical (unpaired) electrons. The van der Waals surface area contributed by atoms with Gasteiger partial charge in [0.25, 0.3) is 5.91 Å². The molecule has 1 aliphatic heterocycles. The van der Waals surface area contributed by atoms with E-state index in [0.29, 0.717) is 5.82 Å². The van der Waals surface area contributed by atoms with Crippen molar-refractivity contribution in [2.24, 2.45) is 0 Å². The minimum atomic E-state index is -0.0456. The first-order valence-electron chi connectivity index (χ1n) is 5.37. The van der Waals surface area contributed by atoms with Crippen molar-refractivity contribution in [2.45, 2.75) is 25.0 Å². The molecule has 1 N–H and O–H groups in total. The summed E-state index contributed by atoms with van der Waals surface area (Å²) in [7, 11) is 0. The Morgan fingerprint density at radius 3 is 3.06 bits per heavy atom. The summed E-state index contributed by atoms with van der Waals surface area (Å²) < 4.78 is 0.260. The summed E-state index contributed by atoms with van der Waals surface area (Å²) in [5.41, 5.74) is 0. The van der Waals surface area contributed by atoms with Crippen molar-refractivity contribution in [3.05, 3.63) is 12.2 Å². The van der Waals surface area contributed by atoms with Gasteiger partial charge in [-0.15, -0.1) is 0 Å². The van der Waals surface area contributed by atoms with Crippen LogP contribution in [0.1, 0.15) is 30.9 Å². The van der Waals surface area contributed by atoms with Crippen LogP contribution in [0.15, 0.2) is 6.33 Å². The van der Waals surface area contributed by atoms with E-state index in [-0.39, 0.29) is 10.7 Å². The molecule has 0 atom stereocenters. The molecular formula is C10H16N4OS. The number of nitrogens with one attached hydrogen (secondary N) is 1. The van der Waals surface area contributed by atoms with E-state index in [4.69, 9.17) is 0 Å². The second-order valence-corrected chi connectivity index (χ2v) is 6.29. The normalized spacial score (nSPS) is 20.5. The first-order chi connectivity index (χ1) is 7.58. The average molecular weight is 240 g/mol. The summed E-state index contributed by atoms with van der Waals surface area (Å²) in [6, 6.07) is 0. The molecule has 1 fully saturated rings. The zero-order valence-electron chi connectivity index (χ0n) is 9.56. The van der Waals surface area contributed by atoms with Crippen LogP contribution in [0.5, 0.6) is 0 Å². The van der Waals surface area contributed by atoms with Crippen LogP contribution < -0.4 is 0 Å². The summed E-state index contributed by atoms with van der Waals surface area (Å²) in [5.74, 6) is 1.27. The van der Waals surface area contributed by atoms with Crippen LogP contribution in [-0.2, 0) is 0 Å². The number of hydrogen-bond acceptors (Lipinski definition) is 4. The van der Waals surface area contributed by atoms with E-state index in [2.05, 4.69) is 29.0 Å². The fraction of sp³-hybridized carbons (Fsp3) is 0.700. The van der Waals surface area contributed by atoms with E-state index >= 15 is 0 Å². The van der Waals surface area contributed by atoms with Gasteiger partial charge in [0, 0.05) is 23.6 Å². The predicted octanol–water partition coefficient (Wildman–Crippen LogP) is 1.16. The molecule has 0 bridgehead atoms. The highest BCUT2D eigenvalue weighted by atomic mass is 32.2. The van der Waals surface area contributed by atoms with Gasteiger partial charge >= 0.3 is 0 Å². The van der Waals surface area contributed by atoms with E-state index in [1.807, 2.05) is 16.7 Å². The molecule has 0 spiro atoms. The van der Waals surface area contributed by atoms with Gasteiger partial charge in [0.2, 0.25) is 5.82 Å². The molecule has 0 unspecified atom stereocenters. The molecule has 1 aromatic heterocycles. The van der Waals surface area contributed by atoms with Crippen molar-refractivity contribution in [2.75, 3.05) is 18.8 Å². The van der Waals surface area contributed by atoms with Crippen LogP contribution >= 0.6 is 11.8 Å². The lowest BCUT2D eigenvalue weighted by Crippen LogP contribution is -2.34. The largest absolute Gasteiger partial charge is 0.335 e. The summed E-state index contributed by atoms with van der Waals surface area (Å²) in [6.07, 6.45) is 2.38. The SMILES string of the molecule is CC1(C)CCN(C(=O)c2ncn[nH]2)CCS1. The van der Waals surface area contributed by atoms with E-state index in [9.17, 15) is 4.79 Å². The van der Waals surface area contributed by atoms with Gasteiger partial charge < -0.3 is 4.90 Å². The lowest BCUT2D eigenvalue weighted by atomic mass is 10.1. The fourth-order valence-corrected chi connectivity index (χ4v) is 2.78. The fourth-order valence-electron chi connectivity index (χ4n) is 1.68. The Balaban J connectivity index is 2.03. The highest BCUT2D eigenvalue weighted by molar-refractivity contribution is 8.00. The first-order valence-corrected chi connectivity index (χ1v) is 6.36. The standard InChI is InChI=1S/C10H16N4OS/c1-10(2)3-4-14(5-6-16-10)9(15)8-11-7-12-13-8/h7H,3-6H2,1-2H3,(H,11,12,13). The van der Waals surface area contributed by atoms with Crippen LogP contribution in [0, 0.1) is 0 Å². The summed E-state index contributed by atoms with van der Waals surface area (Å²) in [4.78, 5) is 17.8. The zero-order valence-corrected chi connectivity index (χ0v) is 10.4. The van der Waals surface area contributed by atoms with Gasteiger partial charge in [-0.2, -0.15) is 16.9 Å². The molecule has 1 aliphatic rings. The zero-order chi connectivity index (χ0) is 11.6. The molecule has 0 aromatic carbocycles. The highest BCUT2D eigenvalue weighted by Gasteiger charge is 2.27. The van der Waals surface area contributed by atoms with E-state index in [1.54, 1.807) is 0 Å².